The maximum atomic E-state index is 5.64. The SMILES string of the molecule is CC(C)N(Cc1cccnc1)c1ccc(CN)cc1. The number of rotatable bonds is 5. The summed E-state index contributed by atoms with van der Waals surface area (Å²) < 4.78 is 0. The summed E-state index contributed by atoms with van der Waals surface area (Å²) in [6.07, 6.45) is 3.73. The number of benzene rings is 1. The average molecular weight is 255 g/mol. The third kappa shape index (κ3) is 3.55. The van der Waals surface area contributed by atoms with Crippen molar-refractivity contribution in [1.82, 2.24) is 4.98 Å². The van der Waals surface area contributed by atoms with Crippen LogP contribution in [0.4, 0.5) is 5.69 Å². The summed E-state index contributed by atoms with van der Waals surface area (Å²) in [6.45, 7) is 5.86. The number of nitrogens with two attached hydrogens (primary N) is 1. The van der Waals surface area contributed by atoms with Crippen LogP contribution in [-0.2, 0) is 13.1 Å². The van der Waals surface area contributed by atoms with Crippen molar-refractivity contribution in [2.24, 2.45) is 5.73 Å². The van der Waals surface area contributed by atoms with Gasteiger partial charge in [0.15, 0.2) is 0 Å². The van der Waals surface area contributed by atoms with Gasteiger partial charge in [-0.3, -0.25) is 4.98 Å². The van der Waals surface area contributed by atoms with Gasteiger partial charge in [0, 0.05) is 37.2 Å². The minimum absolute atomic E-state index is 0.434. The lowest BCUT2D eigenvalue weighted by atomic mass is 10.1. The first-order valence-corrected chi connectivity index (χ1v) is 6.65. The topological polar surface area (TPSA) is 42.2 Å². The minimum atomic E-state index is 0.434. The Balaban J connectivity index is 2.19. The number of aromatic nitrogens is 1. The molecule has 2 N–H and O–H groups in total. The fourth-order valence-electron chi connectivity index (χ4n) is 2.08. The monoisotopic (exact) mass is 255 g/mol. The second-order valence-electron chi connectivity index (χ2n) is 4.95. The standard InChI is InChI=1S/C16H21N3/c1-13(2)19(12-15-4-3-9-18-11-15)16-7-5-14(10-17)6-8-16/h3-9,11,13H,10,12,17H2,1-2H3. The second kappa shape index (κ2) is 6.34. The van der Waals surface area contributed by atoms with Crippen molar-refractivity contribution in [1.29, 1.82) is 0 Å². The summed E-state index contributed by atoms with van der Waals surface area (Å²) in [4.78, 5) is 6.53. The summed E-state index contributed by atoms with van der Waals surface area (Å²) in [5, 5.41) is 0. The van der Waals surface area contributed by atoms with Crippen LogP contribution >= 0.6 is 0 Å². The number of nitrogens with zero attached hydrogens (tertiary/aromatic N) is 2. The molecule has 0 unspecified atom stereocenters. The highest BCUT2D eigenvalue weighted by atomic mass is 15.1. The molecule has 3 heteroatoms. The van der Waals surface area contributed by atoms with Crippen molar-refractivity contribution in [2.75, 3.05) is 4.90 Å². The largest absolute Gasteiger partial charge is 0.365 e. The molecule has 0 fully saturated rings. The molecule has 0 spiro atoms. The van der Waals surface area contributed by atoms with E-state index in [9.17, 15) is 0 Å². The number of pyridine rings is 1. The average Bonchev–Trinajstić information content (AvgIpc) is 2.46. The molecular weight excluding hydrogens is 234 g/mol. The Hall–Kier alpha value is -1.87. The van der Waals surface area contributed by atoms with Crippen LogP contribution in [0.5, 0.6) is 0 Å². The van der Waals surface area contributed by atoms with Gasteiger partial charge in [-0.25, -0.2) is 0 Å². The van der Waals surface area contributed by atoms with Gasteiger partial charge in [-0.2, -0.15) is 0 Å². The van der Waals surface area contributed by atoms with Crippen LogP contribution in [0.1, 0.15) is 25.0 Å². The summed E-state index contributed by atoms with van der Waals surface area (Å²) in [6, 6.07) is 13.0. The van der Waals surface area contributed by atoms with Crippen molar-refractivity contribution in [3.8, 4) is 0 Å². The van der Waals surface area contributed by atoms with E-state index in [1.54, 1.807) is 6.20 Å². The number of hydrogen-bond acceptors (Lipinski definition) is 3. The molecule has 0 saturated heterocycles. The summed E-state index contributed by atoms with van der Waals surface area (Å²) in [7, 11) is 0. The Morgan fingerprint density at radius 1 is 1.11 bits per heavy atom. The molecule has 0 bridgehead atoms. The molecule has 100 valence electrons. The number of anilines is 1. The van der Waals surface area contributed by atoms with E-state index in [0.717, 1.165) is 12.1 Å². The predicted molar refractivity (Wildman–Crippen MR) is 79.9 cm³/mol. The Labute approximate surface area is 115 Å². The van der Waals surface area contributed by atoms with Gasteiger partial charge in [0.05, 0.1) is 0 Å². The lowest BCUT2D eigenvalue weighted by Crippen LogP contribution is -2.30. The molecule has 0 aliphatic carbocycles. The summed E-state index contributed by atoms with van der Waals surface area (Å²) >= 11 is 0. The van der Waals surface area contributed by atoms with Crippen molar-refractivity contribution < 1.29 is 0 Å². The molecule has 19 heavy (non-hydrogen) atoms. The van der Waals surface area contributed by atoms with Gasteiger partial charge in [-0.1, -0.05) is 18.2 Å². The fourth-order valence-corrected chi connectivity index (χ4v) is 2.08. The van der Waals surface area contributed by atoms with Crippen LogP contribution in [0.3, 0.4) is 0 Å². The van der Waals surface area contributed by atoms with Gasteiger partial charge in [0.25, 0.3) is 0 Å². The fraction of sp³-hybridized carbons (Fsp3) is 0.312. The van der Waals surface area contributed by atoms with E-state index in [0.29, 0.717) is 12.6 Å². The molecule has 1 aromatic carbocycles. The molecule has 2 aromatic rings. The molecule has 0 saturated carbocycles. The van der Waals surface area contributed by atoms with Gasteiger partial charge in [-0.05, 0) is 43.2 Å². The van der Waals surface area contributed by atoms with Crippen LogP contribution in [0.15, 0.2) is 48.8 Å². The lowest BCUT2D eigenvalue weighted by Gasteiger charge is -2.29. The Morgan fingerprint density at radius 3 is 2.37 bits per heavy atom. The molecule has 0 aliphatic rings. The molecule has 0 radical (unpaired) electrons. The third-order valence-corrected chi connectivity index (χ3v) is 3.20. The van der Waals surface area contributed by atoms with Gasteiger partial charge < -0.3 is 10.6 Å². The Bertz CT molecular complexity index is 491. The Morgan fingerprint density at radius 2 is 1.84 bits per heavy atom. The smallest absolute Gasteiger partial charge is 0.0447 e. The van der Waals surface area contributed by atoms with Gasteiger partial charge in [-0.15, -0.1) is 0 Å². The van der Waals surface area contributed by atoms with Crippen molar-refractivity contribution in [3.63, 3.8) is 0 Å². The van der Waals surface area contributed by atoms with E-state index in [1.165, 1.54) is 11.3 Å². The van der Waals surface area contributed by atoms with E-state index < -0.39 is 0 Å². The minimum Gasteiger partial charge on any atom is -0.365 e. The molecule has 1 aromatic heterocycles. The molecule has 0 aliphatic heterocycles. The van der Waals surface area contributed by atoms with E-state index in [-0.39, 0.29) is 0 Å². The van der Waals surface area contributed by atoms with Crippen LogP contribution in [0.2, 0.25) is 0 Å². The molecule has 0 amide bonds. The molecule has 2 rings (SSSR count). The van der Waals surface area contributed by atoms with Gasteiger partial charge in [0.2, 0.25) is 0 Å². The number of hydrogen-bond donors (Lipinski definition) is 1. The second-order valence-corrected chi connectivity index (χ2v) is 4.95. The van der Waals surface area contributed by atoms with Crippen molar-refractivity contribution in [3.05, 3.63) is 59.9 Å². The first kappa shape index (κ1) is 13.6. The quantitative estimate of drug-likeness (QED) is 0.893. The zero-order valence-corrected chi connectivity index (χ0v) is 11.6. The van der Waals surface area contributed by atoms with Crippen LogP contribution in [0.25, 0.3) is 0 Å². The first-order chi connectivity index (χ1) is 9.20. The zero-order chi connectivity index (χ0) is 13.7. The predicted octanol–water partition coefficient (Wildman–Crippen LogP) is 2.96. The third-order valence-electron chi connectivity index (χ3n) is 3.20. The molecule has 1 heterocycles. The van der Waals surface area contributed by atoms with Crippen LogP contribution < -0.4 is 10.6 Å². The van der Waals surface area contributed by atoms with Crippen molar-refractivity contribution in [2.45, 2.75) is 33.0 Å². The molecular formula is C16H21N3. The van der Waals surface area contributed by atoms with Crippen LogP contribution in [-0.4, -0.2) is 11.0 Å². The maximum Gasteiger partial charge on any atom is 0.0447 e. The highest BCUT2D eigenvalue weighted by molar-refractivity contribution is 5.48. The highest BCUT2D eigenvalue weighted by Crippen LogP contribution is 2.20. The van der Waals surface area contributed by atoms with Crippen molar-refractivity contribution >= 4 is 5.69 Å². The van der Waals surface area contributed by atoms with E-state index in [1.807, 2.05) is 12.3 Å². The van der Waals surface area contributed by atoms with Crippen LogP contribution in [0, 0.1) is 0 Å². The Kier molecular flexibility index (Phi) is 4.53. The highest BCUT2D eigenvalue weighted by Gasteiger charge is 2.11. The molecule has 0 atom stereocenters. The van der Waals surface area contributed by atoms with E-state index in [2.05, 4.69) is 54.1 Å². The molecule has 3 nitrogen and oxygen atoms in total. The summed E-state index contributed by atoms with van der Waals surface area (Å²) in [5.74, 6) is 0. The van der Waals surface area contributed by atoms with E-state index in [4.69, 9.17) is 5.73 Å². The van der Waals surface area contributed by atoms with Gasteiger partial charge in [0.1, 0.15) is 0 Å². The normalized spacial score (nSPS) is 10.7. The lowest BCUT2D eigenvalue weighted by molar-refractivity contribution is 0.681. The van der Waals surface area contributed by atoms with E-state index >= 15 is 0 Å². The maximum absolute atomic E-state index is 5.64. The summed E-state index contributed by atoms with van der Waals surface area (Å²) in [5.41, 5.74) is 9.24. The zero-order valence-electron chi connectivity index (χ0n) is 11.6. The first-order valence-electron chi connectivity index (χ1n) is 6.65. The van der Waals surface area contributed by atoms with Gasteiger partial charge >= 0.3 is 0 Å².